The molecule has 0 radical (unpaired) electrons. The van der Waals surface area contributed by atoms with Crippen molar-refractivity contribution in [1.82, 2.24) is 25.5 Å². The van der Waals surface area contributed by atoms with Gasteiger partial charge in [-0.25, -0.2) is 9.97 Å². The van der Waals surface area contributed by atoms with E-state index in [1.807, 2.05) is 30.3 Å². The predicted octanol–water partition coefficient (Wildman–Crippen LogP) is 1.47. The Labute approximate surface area is 127 Å². The normalized spacial score (nSPS) is 10.5. The average Bonchev–Trinajstić information content (AvgIpc) is 3.03. The molecular weight excluding hydrogens is 280 g/mol. The fourth-order valence-corrected chi connectivity index (χ4v) is 2.09. The summed E-state index contributed by atoms with van der Waals surface area (Å²) in [6.07, 6.45) is 3.49. The minimum absolute atomic E-state index is 0.00570. The van der Waals surface area contributed by atoms with Crippen molar-refractivity contribution < 1.29 is 4.79 Å². The van der Waals surface area contributed by atoms with Gasteiger partial charge in [0.1, 0.15) is 12.1 Å². The van der Waals surface area contributed by atoms with Crippen LogP contribution in [0.15, 0.2) is 42.9 Å². The van der Waals surface area contributed by atoms with Gasteiger partial charge in [0.2, 0.25) is 5.91 Å². The maximum absolute atomic E-state index is 11.8. The molecule has 0 saturated carbocycles. The number of H-pyrrole nitrogens is 1. The topological polar surface area (TPSA) is 95.6 Å². The molecule has 3 N–H and O–H groups in total. The molecule has 0 unspecified atom stereocenters. The van der Waals surface area contributed by atoms with Gasteiger partial charge >= 0.3 is 0 Å². The zero-order chi connectivity index (χ0) is 15.2. The summed E-state index contributed by atoms with van der Waals surface area (Å²) in [4.78, 5) is 20.0. The van der Waals surface area contributed by atoms with Gasteiger partial charge in [-0.05, 0) is 5.56 Å². The molecule has 0 aliphatic rings. The van der Waals surface area contributed by atoms with Gasteiger partial charge in [-0.3, -0.25) is 9.89 Å². The molecule has 2 aromatic heterocycles. The number of anilines is 1. The SMILES string of the molecule is O=C(CCNc1ncnc2[nH]ncc12)NCc1ccccc1. The monoisotopic (exact) mass is 296 g/mol. The van der Waals surface area contributed by atoms with Crippen LogP contribution in [-0.2, 0) is 11.3 Å². The van der Waals surface area contributed by atoms with Crippen LogP contribution in [0.2, 0.25) is 0 Å². The van der Waals surface area contributed by atoms with Gasteiger partial charge in [0.25, 0.3) is 0 Å². The lowest BCUT2D eigenvalue weighted by molar-refractivity contribution is -0.121. The Morgan fingerprint density at radius 2 is 2.05 bits per heavy atom. The van der Waals surface area contributed by atoms with E-state index in [0.717, 1.165) is 10.9 Å². The largest absolute Gasteiger partial charge is 0.369 e. The quantitative estimate of drug-likeness (QED) is 0.640. The number of carbonyl (C=O) groups is 1. The third-order valence-corrected chi connectivity index (χ3v) is 3.23. The number of hydrogen-bond acceptors (Lipinski definition) is 5. The Kier molecular flexibility index (Phi) is 4.24. The molecule has 0 aliphatic carbocycles. The van der Waals surface area contributed by atoms with E-state index in [4.69, 9.17) is 0 Å². The molecule has 3 rings (SSSR count). The van der Waals surface area contributed by atoms with Crippen LogP contribution in [0.4, 0.5) is 5.82 Å². The van der Waals surface area contributed by atoms with Crippen LogP contribution in [0.3, 0.4) is 0 Å². The van der Waals surface area contributed by atoms with Crippen LogP contribution in [0, 0.1) is 0 Å². The Morgan fingerprint density at radius 1 is 1.18 bits per heavy atom. The third-order valence-electron chi connectivity index (χ3n) is 3.23. The molecule has 1 aromatic carbocycles. The van der Waals surface area contributed by atoms with Gasteiger partial charge in [0.15, 0.2) is 5.65 Å². The van der Waals surface area contributed by atoms with Crippen LogP contribution in [0.25, 0.3) is 11.0 Å². The molecule has 0 atom stereocenters. The molecule has 2 heterocycles. The number of fused-ring (bicyclic) bond motifs is 1. The van der Waals surface area contributed by atoms with Crippen molar-refractivity contribution in [3.63, 3.8) is 0 Å². The zero-order valence-corrected chi connectivity index (χ0v) is 11.9. The number of nitrogens with zero attached hydrogens (tertiary/aromatic N) is 3. The van der Waals surface area contributed by atoms with Crippen molar-refractivity contribution in [2.24, 2.45) is 0 Å². The highest BCUT2D eigenvalue weighted by Crippen LogP contribution is 2.15. The van der Waals surface area contributed by atoms with Crippen LogP contribution in [0.5, 0.6) is 0 Å². The lowest BCUT2D eigenvalue weighted by atomic mass is 10.2. The number of amides is 1. The fraction of sp³-hybridized carbons (Fsp3) is 0.200. The summed E-state index contributed by atoms with van der Waals surface area (Å²) in [5.41, 5.74) is 1.76. The lowest BCUT2D eigenvalue weighted by Gasteiger charge is -2.07. The van der Waals surface area contributed by atoms with Crippen molar-refractivity contribution >= 4 is 22.8 Å². The Balaban J connectivity index is 1.46. The smallest absolute Gasteiger partial charge is 0.222 e. The summed E-state index contributed by atoms with van der Waals surface area (Å²) in [7, 11) is 0. The third kappa shape index (κ3) is 3.38. The first-order chi connectivity index (χ1) is 10.8. The van der Waals surface area contributed by atoms with Crippen LogP contribution in [0.1, 0.15) is 12.0 Å². The van der Waals surface area contributed by atoms with Gasteiger partial charge in [0, 0.05) is 19.5 Å². The highest BCUT2D eigenvalue weighted by molar-refractivity contribution is 5.85. The highest BCUT2D eigenvalue weighted by atomic mass is 16.1. The summed E-state index contributed by atoms with van der Waals surface area (Å²) in [5.74, 6) is 0.670. The van der Waals surface area contributed by atoms with Crippen molar-refractivity contribution in [3.8, 4) is 0 Å². The number of aromatic nitrogens is 4. The maximum Gasteiger partial charge on any atom is 0.222 e. The number of rotatable bonds is 6. The highest BCUT2D eigenvalue weighted by Gasteiger charge is 2.06. The number of benzene rings is 1. The predicted molar refractivity (Wildman–Crippen MR) is 83.1 cm³/mol. The zero-order valence-electron chi connectivity index (χ0n) is 11.9. The first-order valence-corrected chi connectivity index (χ1v) is 7.01. The molecule has 22 heavy (non-hydrogen) atoms. The van der Waals surface area contributed by atoms with E-state index >= 15 is 0 Å². The van der Waals surface area contributed by atoms with E-state index in [-0.39, 0.29) is 5.91 Å². The van der Waals surface area contributed by atoms with Crippen molar-refractivity contribution in [1.29, 1.82) is 0 Å². The summed E-state index contributed by atoms with van der Waals surface area (Å²) >= 11 is 0. The molecule has 0 fully saturated rings. The molecule has 112 valence electrons. The van der Waals surface area contributed by atoms with Crippen molar-refractivity contribution in [2.75, 3.05) is 11.9 Å². The number of hydrogen-bond donors (Lipinski definition) is 3. The van der Waals surface area contributed by atoms with Gasteiger partial charge in [-0.15, -0.1) is 0 Å². The Morgan fingerprint density at radius 3 is 2.91 bits per heavy atom. The molecule has 7 heteroatoms. The summed E-state index contributed by atoms with van der Waals surface area (Å²) in [6.45, 7) is 1.04. The van der Waals surface area contributed by atoms with E-state index in [2.05, 4.69) is 30.8 Å². The second-order valence-corrected chi connectivity index (χ2v) is 4.79. The second-order valence-electron chi connectivity index (χ2n) is 4.79. The van der Waals surface area contributed by atoms with Gasteiger partial charge in [-0.1, -0.05) is 30.3 Å². The molecule has 0 saturated heterocycles. The Hall–Kier alpha value is -2.96. The standard InChI is InChI=1S/C15H16N6O/c22-13(17-8-11-4-2-1-3-5-11)6-7-16-14-12-9-20-21-15(12)19-10-18-14/h1-5,9-10H,6-8H2,(H,17,22)(H2,16,18,19,20,21). The lowest BCUT2D eigenvalue weighted by Crippen LogP contribution is -2.24. The first kappa shape index (κ1) is 14.0. The first-order valence-electron chi connectivity index (χ1n) is 7.01. The van der Waals surface area contributed by atoms with Crippen LogP contribution < -0.4 is 10.6 Å². The molecule has 3 aromatic rings. The van der Waals surface area contributed by atoms with E-state index < -0.39 is 0 Å². The molecule has 0 bridgehead atoms. The fourth-order valence-electron chi connectivity index (χ4n) is 2.09. The summed E-state index contributed by atoms with van der Waals surface area (Å²) in [6, 6.07) is 9.82. The van der Waals surface area contributed by atoms with E-state index in [9.17, 15) is 4.79 Å². The molecular formula is C15H16N6O. The average molecular weight is 296 g/mol. The van der Waals surface area contributed by atoms with Gasteiger partial charge in [-0.2, -0.15) is 5.10 Å². The van der Waals surface area contributed by atoms with E-state index in [0.29, 0.717) is 31.0 Å². The van der Waals surface area contributed by atoms with E-state index in [1.54, 1.807) is 6.20 Å². The minimum Gasteiger partial charge on any atom is -0.369 e. The minimum atomic E-state index is -0.00570. The second kappa shape index (κ2) is 6.66. The molecule has 1 amide bonds. The van der Waals surface area contributed by atoms with Crippen LogP contribution in [-0.4, -0.2) is 32.6 Å². The van der Waals surface area contributed by atoms with Gasteiger partial charge in [0.05, 0.1) is 11.6 Å². The molecule has 0 spiro atoms. The summed E-state index contributed by atoms with van der Waals surface area (Å²) in [5, 5.41) is 13.5. The van der Waals surface area contributed by atoms with E-state index in [1.165, 1.54) is 6.33 Å². The van der Waals surface area contributed by atoms with Crippen molar-refractivity contribution in [3.05, 3.63) is 48.4 Å². The number of nitrogens with one attached hydrogen (secondary N) is 3. The molecule has 7 nitrogen and oxygen atoms in total. The van der Waals surface area contributed by atoms with Crippen LogP contribution >= 0.6 is 0 Å². The number of aromatic amines is 1. The summed E-state index contributed by atoms with van der Waals surface area (Å²) < 4.78 is 0. The number of carbonyl (C=O) groups excluding carboxylic acids is 1. The van der Waals surface area contributed by atoms with Gasteiger partial charge < -0.3 is 10.6 Å². The Bertz CT molecular complexity index is 755. The maximum atomic E-state index is 11.8. The van der Waals surface area contributed by atoms with Crippen molar-refractivity contribution in [2.45, 2.75) is 13.0 Å². The molecule has 0 aliphatic heterocycles.